The molecule has 1 heterocycles. The fraction of sp³-hybridized carbons (Fsp3) is 0.273. The van der Waals surface area contributed by atoms with Crippen molar-refractivity contribution in [2.24, 2.45) is 5.73 Å². The Morgan fingerprint density at radius 3 is 2.45 bits per heavy atom. The van der Waals surface area contributed by atoms with Crippen LogP contribution in [0.2, 0.25) is 0 Å². The van der Waals surface area contributed by atoms with Crippen molar-refractivity contribution in [2.45, 2.75) is 24.3 Å². The minimum atomic E-state index is -0.616. The van der Waals surface area contributed by atoms with Crippen molar-refractivity contribution >= 4 is 41.1 Å². The van der Waals surface area contributed by atoms with Crippen molar-refractivity contribution in [1.29, 1.82) is 0 Å². The molecule has 0 spiro atoms. The lowest BCUT2D eigenvalue weighted by Gasteiger charge is -2.29. The second kappa shape index (κ2) is 10.6. The van der Waals surface area contributed by atoms with Crippen molar-refractivity contribution in [3.05, 3.63) is 59.7 Å². The molecule has 9 heteroatoms. The van der Waals surface area contributed by atoms with Gasteiger partial charge in [-0.1, -0.05) is 24.3 Å². The number of amides is 4. The van der Waals surface area contributed by atoms with Gasteiger partial charge in [-0.05, 0) is 29.8 Å². The average molecular weight is 441 g/mol. The summed E-state index contributed by atoms with van der Waals surface area (Å²) in [6, 6.07) is 14.4. The number of nitrogens with one attached hydrogen (secondary N) is 2. The molecule has 0 saturated heterocycles. The molecule has 1 aliphatic rings. The summed E-state index contributed by atoms with van der Waals surface area (Å²) in [7, 11) is 0. The van der Waals surface area contributed by atoms with E-state index in [9.17, 15) is 19.2 Å². The minimum absolute atomic E-state index is 0.0609. The minimum Gasteiger partial charge on any atom is -0.368 e. The fourth-order valence-electron chi connectivity index (χ4n) is 3.12. The van der Waals surface area contributed by atoms with Gasteiger partial charge in [-0.25, -0.2) is 0 Å². The van der Waals surface area contributed by atoms with Crippen molar-refractivity contribution in [3.8, 4) is 0 Å². The van der Waals surface area contributed by atoms with Gasteiger partial charge in [0.15, 0.2) is 0 Å². The third-order valence-electron chi connectivity index (χ3n) is 4.72. The van der Waals surface area contributed by atoms with Crippen molar-refractivity contribution < 1.29 is 19.2 Å². The van der Waals surface area contributed by atoms with Gasteiger partial charge in [0.1, 0.15) is 0 Å². The molecule has 2 aromatic rings. The number of thioether (sulfide) groups is 1. The van der Waals surface area contributed by atoms with E-state index in [1.807, 2.05) is 24.3 Å². The first kappa shape index (κ1) is 22.4. The molecule has 0 radical (unpaired) electrons. The Balaban J connectivity index is 1.44. The molecule has 0 fully saturated rings. The maximum Gasteiger partial charge on any atom is 0.251 e. The molecule has 3 rings (SSSR count). The summed E-state index contributed by atoms with van der Waals surface area (Å²) < 4.78 is 0. The number of anilines is 1. The van der Waals surface area contributed by atoms with E-state index in [2.05, 4.69) is 10.6 Å². The van der Waals surface area contributed by atoms with Gasteiger partial charge in [0.05, 0.1) is 12.2 Å². The van der Waals surface area contributed by atoms with Gasteiger partial charge >= 0.3 is 0 Å². The summed E-state index contributed by atoms with van der Waals surface area (Å²) in [5.41, 5.74) is 7.11. The van der Waals surface area contributed by atoms with Gasteiger partial charge in [0.2, 0.25) is 17.7 Å². The van der Waals surface area contributed by atoms with E-state index in [0.717, 1.165) is 21.9 Å². The third kappa shape index (κ3) is 6.32. The number of nitrogens with two attached hydrogens (primary N) is 1. The van der Waals surface area contributed by atoms with E-state index in [1.165, 1.54) is 0 Å². The number of fused-ring (bicyclic) bond motifs is 1. The van der Waals surface area contributed by atoms with E-state index < -0.39 is 11.8 Å². The van der Waals surface area contributed by atoms with Crippen LogP contribution in [0, 0.1) is 0 Å². The molecule has 2 aromatic carbocycles. The summed E-state index contributed by atoms with van der Waals surface area (Å²) in [6.45, 7) is 0.706. The van der Waals surface area contributed by atoms with E-state index >= 15 is 0 Å². The van der Waals surface area contributed by atoms with Gasteiger partial charge in [-0.15, -0.1) is 11.8 Å². The molecular weight excluding hydrogens is 416 g/mol. The Morgan fingerprint density at radius 1 is 0.968 bits per heavy atom. The molecule has 8 nitrogen and oxygen atoms in total. The van der Waals surface area contributed by atoms with Crippen LogP contribution in [0.1, 0.15) is 28.8 Å². The third-order valence-corrected chi connectivity index (χ3v) is 5.77. The highest BCUT2D eigenvalue weighted by molar-refractivity contribution is 7.99. The predicted octanol–water partition coefficient (Wildman–Crippen LogP) is 1.44. The zero-order chi connectivity index (χ0) is 22.2. The molecule has 0 aliphatic carbocycles. The number of hydrogen-bond donors (Lipinski definition) is 3. The maximum absolute atomic E-state index is 12.6. The fourth-order valence-corrected chi connectivity index (χ4v) is 4.11. The number of carbonyl (C=O) groups excluding carboxylic acids is 4. The SMILES string of the molecule is NC(=O)CNC(=O)c1ccc(CNC(=O)CCC(=O)N2CCSc3ccccc32)cc1. The molecule has 0 atom stereocenters. The standard InChI is InChI=1S/C22H24N4O4S/c23-19(27)14-25-22(30)16-7-5-15(6-8-16)13-24-20(28)9-10-21(29)26-11-12-31-18-4-2-1-3-17(18)26/h1-8H,9-14H2,(H2,23,27)(H,24,28)(H,25,30). The number of primary amides is 1. The Morgan fingerprint density at radius 2 is 1.71 bits per heavy atom. The normalized spacial score (nSPS) is 12.6. The quantitative estimate of drug-likeness (QED) is 0.573. The molecule has 1 aliphatic heterocycles. The Labute approximate surface area is 184 Å². The van der Waals surface area contributed by atoms with Crippen LogP contribution in [0.4, 0.5) is 5.69 Å². The zero-order valence-electron chi connectivity index (χ0n) is 16.9. The number of carbonyl (C=O) groups is 4. The van der Waals surface area contributed by atoms with Gasteiger partial charge in [0, 0.05) is 42.1 Å². The second-order valence-corrected chi connectivity index (χ2v) is 8.12. The van der Waals surface area contributed by atoms with Gasteiger partial charge < -0.3 is 21.3 Å². The first-order valence-electron chi connectivity index (χ1n) is 9.88. The first-order chi connectivity index (χ1) is 14.9. The molecule has 0 bridgehead atoms. The topological polar surface area (TPSA) is 122 Å². The Hall–Kier alpha value is -3.33. The lowest BCUT2D eigenvalue weighted by molar-refractivity contribution is -0.125. The van der Waals surface area contributed by atoms with Gasteiger partial charge in [0.25, 0.3) is 5.91 Å². The van der Waals surface area contributed by atoms with Crippen LogP contribution in [-0.2, 0) is 20.9 Å². The highest BCUT2D eigenvalue weighted by Crippen LogP contribution is 2.34. The lowest BCUT2D eigenvalue weighted by atomic mass is 10.1. The van der Waals surface area contributed by atoms with Crippen LogP contribution in [0.5, 0.6) is 0 Å². The second-order valence-electron chi connectivity index (χ2n) is 6.98. The van der Waals surface area contributed by atoms with Crippen LogP contribution in [0.15, 0.2) is 53.4 Å². The highest BCUT2D eigenvalue weighted by atomic mass is 32.2. The molecule has 4 amide bonds. The summed E-state index contributed by atoms with van der Waals surface area (Å²) in [5, 5.41) is 5.20. The summed E-state index contributed by atoms with van der Waals surface area (Å²) in [6.07, 6.45) is 0.252. The molecule has 4 N–H and O–H groups in total. The number of hydrogen-bond acceptors (Lipinski definition) is 5. The highest BCUT2D eigenvalue weighted by Gasteiger charge is 2.22. The zero-order valence-corrected chi connectivity index (χ0v) is 17.7. The summed E-state index contributed by atoms with van der Waals surface area (Å²) in [5.74, 6) is -0.448. The van der Waals surface area contributed by atoms with Crippen molar-refractivity contribution in [3.63, 3.8) is 0 Å². The van der Waals surface area contributed by atoms with E-state index in [4.69, 9.17) is 5.73 Å². The monoisotopic (exact) mass is 440 g/mol. The van der Waals surface area contributed by atoms with Crippen LogP contribution in [0.3, 0.4) is 0 Å². The van der Waals surface area contributed by atoms with Crippen molar-refractivity contribution in [2.75, 3.05) is 23.7 Å². The number of rotatable bonds is 8. The molecule has 162 valence electrons. The lowest BCUT2D eigenvalue weighted by Crippen LogP contribution is -2.36. The summed E-state index contributed by atoms with van der Waals surface area (Å²) >= 11 is 1.73. The smallest absolute Gasteiger partial charge is 0.251 e. The average Bonchev–Trinajstić information content (AvgIpc) is 2.79. The molecule has 31 heavy (non-hydrogen) atoms. The van der Waals surface area contributed by atoms with Crippen LogP contribution < -0.4 is 21.3 Å². The molecular formula is C22H24N4O4S. The molecule has 0 saturated carbocycles. The summed E-state index contributed by atoms with van der Waals surface area (Å²) in [4.78, 5) is 50.2. The van der Waals surface area contributed by atoms with E-state index in [1.54, 1.807) is 40.9 Å². The molecule has 0 unspecified atom stereocenters. The number of benzene rings is 2. The van der Waals surface area contributed by atoms with Gasteiger partial charge in [-0.2, -0.15) is 0 Å². The van der Waals surface area contributed by atoms with Crippen molar-refractivity contribution in [1.82, 2.24) is 10.6 Å². The van der Waals surface area contributed by atoms with Crippen LogP contribution in [-0.4, -0.2) is 42.5 Å². The Kier molecular flexibility index (Phi) is 7.66. The van der Waals surface area contributed by atoms with E-state index in [0.29, 0.717) is 18.7 Å². The largest absolute Gasteiger partial charge is 0.368 e. The van der Waals surface area contributed by atoms with Crippen LogP contribution in [0.25, 0.3) is 0 Å². The maximum atomic E-state index is 12.6. The van der Waals surface area contributed by atoms with E-state index in [-0.39, 0.29) is 31.2 Å². The number of nitrogens with zero attached hydrogens (tertiary/aromatic N) is 1. The van der Waals surface area contributed by atoms with Gasteiger partial charge in [-0.3, -0.25) is 19.2 Å². The molecule has 0 aromatic heterocycles. The first-order valence-corrected chi connectivity index (χ1v) is 10.9. The Bertz CT molecular complexity index is 978. The predicted molar refractivity (Wildman–Crippen MR) is 119 cm³/mol. The van der Waals surface area contributed by atoms with Crippen LogP contribution >= 0.6 is 11.8 Å². The number of para-hydroxylation sites is 1.